The Morgan fingerprint density at radius 2 is 1.17 bits per heavy atom. The van der Waals surface area contributed by atoms with Crippen LogP contribution in [0.15, 0.2) is 91.0 Å². The van der Waals surface area contributed by atoms with Crippen molar-refractivity contribution in [3.63, 3.8) is 0 Å². The van der Waals surface area contributed by atoms with Crippen LogP contribution in [0, 0.1) is 0 Å². The number of rotatable bonds is 7. The van der Waals surface area contributed by atoms with E-state index in [4.69, 9.17) is 4.74 Å². The number of ether oxygens (including phenoxy) is 1. The molecule has 0 radical (unpaired) electrons. The fourth-order valence-corrected chi connectivity index (χ4v) is 3.74. The SMILES string of the molecule is COC(=O)[C@H](C)NC(=O)CC(c1ccccc1)(c1ccccc1)c1ccccc1. The van der Waals surface area contributed by atoms with E-state index in [-0.39, 0.29) is 12.3 Å². The number of methoxy groups -OCH3 is 1. The van der Waals surface area contributed by atoms with Gasteiger partial charge in [0.1, 0.15) is 6.04 Å². The van der Waals surface area contributed by atoms with E-state index in [0.717, 1.165) is 16.7 Å². The van der Waals surface area contributed by atoms with Gasteiger partial charge in [-0.05, 0) is 23.6 Å². The molecule has 148 valence electrons. The van der Waals surface area contributed by atoms with E-state index in [1.54, 1.807) is 6.92 Å². The molecule has 4 heteroatoms. The highest BCUT2D eigenvalue weighted by Gasteiger charge is 2.38. The third-order valence-corrected chi connectivity index (χ3v) is 5.16. The van der Waals surface area contributed by atoms with Crippen molar-refractivity contribution in [2.75, 3.05) is 7.11 Å². The quantitative estimate of drug-likeness (QED) is 0.491. The normalized spacial score (nSPS) is 12.1. The molecule has 0 aromatic heterocycles. The van der Waals surface area contributed by atoms with Crippen LogP contribution in [0.5, 0.6) is 0 Å². The van der Waals surface area contributed by atoms with E-state index in [2.05, 4.69) is 5.32 Å². The summed E-state index contributed by atoms with van der Waals surface area (Å²) in [5.41, 5.74) is 2.35. The average molecular weight is 387 g/mol. The lowest BCUT2D eigenvalue weighted by Gasteiger charge is -2.35. The number of benzene rings is 3. The first kappa shape index (κ1) is 20.3. The van der Waals surface area contributed by atoms with Crippen LogP contribution in [-0.2, 0) is 19.7 Å². The zero-order valence-electron chi connectivity index (χ0n) is 16.7. The summed E-state index contributed by atoms with van der Waals surface area (Å²) < 4.78 is 4.74. The first-order chi connectivity index (χ1) is 14.1. The second-order valence-corrected chi connectivity index (χ2v) is 6.99. The van der Waals surface area contributed by atoms with Crippen molar-refractivity contribution in [2.45, 2.75) is 24.8 Å². The van der Waals surface area contributed by atoms with Crippen LogP contribution in [0.25, 0.3) is 0 Å². The highest BCUT2D eigenvalue weighted by atomic mass is 16.5. The Balaban J connectivity index is 2.12. The summed E-state index contributed by atoms with van der Waals surface area (Å²) in [6.45, 7) is 1.62. The van der Waals surface area contributed by atoms with Crippen molar-refractivity contribution >= 4 is 11.9 Å². The molecule has 0 spiro atoms. The molecule has 0 aliphatic carbocycles. The van der Waals surface area contributed by atoms with Crippen LogP contribution < -0.4 is 5.32 Å². The molecule has 0 saturated carbocycles. The zero-order chi connectivity index (χ0) is 20.7. The largest absolute Gasteiger partial charge is 0.467 e. The Bertz CT molecular complexity index is 843. The summed E-state index contributed by atoms with van der Waals surface area (Å²) in [6.07, 6.45) is 0.159. The number of esters is 1. The van der Waals surface area contributed by atoms with Crippen molar-refractivity contribution < 1.29 is 14.3 Å². The second kappa shape index (κ2) is 9.20. The predicted octanol–water partition coefficient (Wildman–Crippen LogP) is 4.09. The smallest absolute Gasteiger partial charge is 0.328 e. The van der Waals surface area contributed by atoms with Crippen molar-refractivity contribution in [3.8, 4) is 0 Å². The third kappa shape index (κ3) is 4.37. The first-order valence-corrected chi connectivity index (χ1v) is 9.61. The fraction of sp³-hybridized carbons (Fsp3) is 0.200. The van der Waals surface area contributed by atoms with E-state index < -0.39 is 17.4 Å². The molecular formula is C25H25NO3. The molecule has 1 amide bonds. The molecule has 0 unspecified atom stereocenters. The van der Waals surface area contributed by atoms with Crippen LogP contribution in [0.3, 0.4) is 0 Å². The molecule has 0 saturated heterocycles. The summed E-state index contributed by atoms with van der Waals surface area (Å²) in [5.74, 6) is -0.692. The Morgan fingerprint density at radius 3 is 1.52 bits per heavy atom. The lowest BCUT2D eigenvalue weighted by Crippen LogP contribution is -2.43. The number of hydrogen-bond acceptors (Lipinski definition) is 3. The molecular weight excluding hydrogens is 362 g/mol. The summed E-state index contributed by atoms with van der Waals surface area (Å²) in [6, 6.07) is 29.3. The molecule has 0 aliphatic rings. The molecule has 29 heavy (non-hydrogen) atoms. The minimum atomic E-state index is -0.715. The lowest BCUT2D eigenvalue weighted by atomic mass is 9.67. The molecule has 3 aromatic rings. The van der Waals surface area contributed by atoms with E-state index in [1.807, 2.05) is 91.0 Å². The van der Waals surface area contributed by atoms with Crippen molar-refractivity contribution in [3.05, 3.63) is 108 Å². The maximum absolute atomic E-state index is 13.1. The first-order valence-electron chi connectivity index (χ1n) is 9.61. The second-order valence-electron chi connectivity index (χ2n) is 6.99. The number of nitrogens with one attached hydrogen (secondary N) is 1. The van der Waals surface area contributed by atoms with Gasteiger partial charge < -0.3 is 10.1 Å². The van der Waals surface area contributed by atoms with Gasteiger partial charge in [-0.3, -0.25) is 4.79 Å². The van der Waals surface area contributed by atoms with E-state index >= 15 is 0 Å². The van der Waals surface area contributed by atoms with Crippen LogP contribution in [0.1, 0.15) is 30.0 Å². The number of amides is 1. The topological polar surface area (TPSA) is 55.4 Å². The summed E-state index contributed by atoms with van der Waals surface area (Å²) in [7, 11) is 1.31. The summed E-state index contributed by atoms with van der Waals surface area (Å²) in [5, 5.41) is 2.78. The molecule has 3 aromatic carbocycles. The Hall–Kier alpha value is -3.40. The standard InChI is InChI=1S/C25H25NO3/c1-19(24(28)29-2)26-23(27)18-25(20-12-6-3-7-13-20,21-14-8-4-9-15-21)22-16-10-5-11-17-22/h3-17,19H,18H2,1-2H3,(H,26,27)/t19-/m0/s1. The van der Waals surface area contributed by atoms with Gasteiger partial charge in [-0.1, -0.05) is 91.0 Å². The van der Waals surface area contributed by atoms with Crippen LogP contribution >= 0.6 is 0 Å². The molecule has 0 aliphatic heterocycles. The van der Waals surface area contributed by atoms with Crippen molar-refractivity contribution in [2.24, 2.45) is 0 Å². The van der Waals surface area contributed by atoms with Gasteiger partial charge in [0.15, 0.2) is 0 Å². The zero-order valence-corrected chi connectivity index (χ0v) is 16.7. The van der Waals surface area contributed by atoms with Crippen molar-refractivity contribution in [1.29, 1.82) is 0 Å². The Kier molecular flexibility index (Phi) is 6.45. The third-order valence-electron chi connectivity index (χ3n) is 5.16. The monoisotopic (exact) mass is 387 g/mol. The van der Waals surface area contributed by atoms with Crippen LogP contribution in [0.2, 0.25) is 0 Å². The van der Waals surface area contributed by atoms with Crippen LogP contribution in [0.4, 0.5) is 0 Å². The van der Waals surface area contributed by atoms with Crippen LogP contribution in [-0.4, -0.2) is 25.0 Å². The Morgan fingerprint density at radius 1 is 0.793 bits per heavy atom. The minimum absolute atomic E-state index is 0.159. The van der Waals surface area contributed by atoms with Gasteiger partial charge >= 0.3 is 5.97 Å². The molecule has 4 nitrogen and oxygen atoms in total. The average Bonchev–Trinajstić information content (AvgIpc) is 2.78. The van der Waals surface area contributed by atoms with Gasteiger partial charge in [0.25, 0.3) is 0 Å². The minimum Gasteiger partial charge on any atom is -0.467 e. The summed E-state index contributed by atoms with van der Waals surface area (Å²) in [4.78, 5) is 24.9. The molecule has 3 rings (SSSR count). The summed E-state index contributed by atoms with van der Waals surface area (Å²) >= 11 is 0. The molecule has 1 N–H and O–H groups in total. The van der Waals surface area contributed by atoms with E-state index in [9.17, 15) is 9.59 Å². The van der Waals surface area contributed by atoms with E-state index in [1.165, 1.54) is 7.11 Å². The molecule has 1 atom stereocenters. The highest BCUT2D eigenvalue weighted by Crippen LogP contribution is 2.42. The molecule has 0 heterocycles. The number of hydrogen-bond donors (Lipinski definition) is 1. The van der Waals surface area contributed by atoms with Gasteiger partial charge in [-0.25, -0.2) is 4.79 Å². The van der Waals surface area contributed by atoms with Gasteiger partial charge in [0.05, 0.1) is 12.5 Å². The van der Waals surface area contributed by atoms with Gasteiger partial charge in [-0.2, -0.15) is 0 Å². The number of carbonyl (C=O) groups excluding carboxylic acids is 2. The lowest BCUT2D eigenvalue weighted by molar-refractivity contribution is -0.144. The maximum atomic E-state index is 13.1. The molecule has 0 fully saturated rings. The molecule has 0 bridgehead atoms. The Labute approximate surface area is 171 Å². The predicted molar refractivity (Wildman–Crippen MR) is 113 cm³/mol. The van der Waals surface area contributed by atoms with Gasteiger partial charge in [0.2, 0.25) is 5.91 Å². The highest BCUT2D eigenvalue weighted by molar-refractivity contribution is 5.86. The number of carbonyl (C=O) groups is 2. The van der Waals surface area contributed by atoms with Gasteiger partial charge in [0, 0.05) is 6.42 Å². The van der Waals surface area contributed by atoms with Crippen molar-refractivity contribution in [1.82, 2.24) is 5.32 Å². The van der Waals surface area contributed by atoms with E-state index in [0.29, 0.717) is 0 Å². The maximum Gasteiger partial charge on any atom is 0.328 e. The van der Waals surface area contributed by atoms with Gasteiger partial charge in [-0.15, -0.1) is 0 Å². The fourth-order valence-electron chi connectivity index (χ4n) is 3.74.